The first-order valence-electron chi connectivity index (χ1n) is 9.49. The minimum absolute atomic E-state index is 0.113. The van der Waals surface area contributed by atoms with Gasteiger partial charge in [-0.1, -0.05) is 36.0 Å². The topological polar surface area (TPSA) is 64.0 Å². The van der Waals surface area contributed by atoms with Gasteiger partial charge in [0, 0.05) is 5.69 Å². The third-order valence-electron chi connectivity index (χ3n) is 4.71. The first kappa shape index (κ1) is 20.4. The van der Waals surface area contributed by atoms with Gasteiger partial charge in [0.2, 0.25) is 5.91 Å². The number of carbonyl (C=O) groups excluding carboxylic acids is 1. The van der Waals surface area contributed by atoms with Gasteiger partial charge in [-0.15, -0.1) is 11.3 Å². The van der Waals surface area contributed by atoms with E-state index in [1.54, 1.807) is 4.57 Å². The number of benzene rings is 2. The molecule has 0 fully saturated rings. The van der Waals surface area contributed by atoms with Crippen molar-refractivity contribution in [1.82, 2.24) is 9.55 Å². The van der Waals surface area contributed by atoms with Crippen molar-refractivity contribution in [3.05, 3.63) is 81.0 Å². The smallest absolute Gasteiger partial charge is 0.276 e. The Labute approximate surface area is 182 Å². The van der Waals surface area contributed by atoms with Gasteiger partial charge in [0.25, 0.3) is 5.56 Å². The molecule has 0 saturated carbocycles. The number of aryl methyl sites for hydroxylation is 3. The maximum atomic E-state index is 13.2. The highest BCUT2D eigenvalue weighted by atomic mass is 32.2. The van der Waals surface area contributed by atoms with E-state index >= 15 is 0 Å². The molecule has 2 aromatic heterocycles. The Bertz CT molecular complexity index is 1310. The number of nitrogens with one attached hydrogen (secondary N) is 1. The van der Waals surface area contributed by atoms with Crippen molar-refractivity contribution in [3.63, 3.8) is 0 Å². The van der Waals surface area contributed by atoms with Crippen LogP contribution in [0.25, 0.3) is 15.9 Å². The molecule has 4 aromatic rings. The largest absolute Gasteiger partial charge is 0.325 e. The van der Waals surface area contributed by atoms with Crippen LogP contribution in [0.1, 0.15) is 16.7 Å². The van der Waals surface area contributed by atoms with E-state index in [2.05, 4.69) is 10.3 Å². The molecular weight excluding hydrogens is 414 g/mol. The van der Waals surface area contributed by atoms with Crippen LogP contribution in [0.15, 0.2) is 63.9 Å². The van der Waals surface area contributed by atoms with Crippen molar-refractivity contribution in [2.24, 2.45) is 0 Å². The molecule has 4 rings (SSSR count). The van der Waals surface area contributed by atoms with Gasteiger partial charge < -0.3 is 5.32 Å². The van der Waals surface area contributed by atoms with Crippen LogP contribution in [0.4, 0.5) is 5.69 Å². The first-order valence-corrected chi connectivity index (χ1v) is 11.4. The van der Waals surface area contributed by atoms with Crippen LogP contribution < -0.4 is 10.9 Å². The number of hydrogen-bond donors (Lipinski definition) is 1. The Kier molecular flexibility index (Phi) is 5.74. The van der Waals surface area contributed by atoms with Gasteiger partial charge in [0.05, 0.1) is 17.0 Å². The molecule has 0 bridgehead atoms. The van der Waals surface area contributed by atoms with Crippen molar-refractivity contribution in [1.29, 1.82) is 0 Å². The molecule has 0 aliphatic heterocycles. The fraction of sp³-hybridized carbons (Fsp3) is 0.174. The number of amides is 1. The standard InChI is InChI=1S/C23H21N3O2S2/c1-14-5-4-6-17(11-14)26-22(28)21-18(9-10-29-21)25-23(26)30-13-20(27)24-19-12-15(2)7-8-16(19)3/h4-12H,13H2,1-3H3,(H,24,27). The lowest BCUT2D eigenvalue weighted by Crippen LogP contribution is -2.22. The summed E-state index contributed by atoms with van der Waals surface area (Å²) < 4.78 is 2.21. The zero-order valence-electron chi connectivity index (χ0n) is 16.9. The highest BCUT2D eigenvalue weighted by Gasteiger charge is 2.16. The Morgan fingerprint density at radius 1 is 1.10 bits per heavy atom. The minimum atomic E-state index is -0.135. The highest BCUT2D eigenvalue weighted by Crippen LogP contribution is 2.24. The van der Waals surface area contributed by atoms with E-state index < -0.39 is 0 Å². The Morgan fingerprint density at radius 2 is 1.90 bits per heavy atom. The van der Waals surface area contributed by atoms with E-state index in [-0.39, 0.29) is 17.2 Å². The molecule has 2 heterocycles. The summed E-state index contributed by atoms with van der Waals surface area (Å²) in [4.78, 5) is 30.4. The maximum absolute atomic E-state index is 13.2. The molecular formula is C23H21N3O2S2. The number of anilines is 1. The molecule has 152 valence electrons. The second-order valence-corrected chi connectivity index (χ2v) is 9.02. The summed E-state index contributed by atoms with van der Waals surface area (Å²) in [7, 11) is 0. The van der Waals surface area contributed by atoms with Crippen molar-refractivity contribution >= 4 is 44.9 Å². The molecule has 0 aliphatic rings. The number of nitrogens with zero attached hydrogens (tertiary/aromatic N) is 2. The number of fused-ring (bicyclic) bond motifs is 1. The molecule has 30 heavy (non-hydrogen) atoms. The molecule has 0 atom stereocenters. The number of aromatic nitrogens is 2. The van der Waals surface area contributed by atoms with Crippen molar-refractivity contribution in [2.75, 3.05) is 11.1 Å². The average Bonchev–Trinajstić information content (AvgIpc) is 3.18. The molecule has 0 saturated heterocycles. The summed E-state index contributed by atoms with van der Waals surface area (Å²) >= 11 is 2.64. The van der Waals surface area contributed by atoms with E-state index in [4.69, 9.17) is 0 Å². The number of hydrogen-bond acceptors (Lipinski definition) is 5. The lowest BCUT2D eigenvalue weighted by Gasteiger charge is -2.13. The zero-order valence-corrected chi connectivity index (χ0v) is 18.6. The fourth-order valence-electron chi connectivity index (χ4n) is 3.17. The molecule has 0 spiro atoms. The monoisotopic (exact) mass is 435 g/mol. The van der Waals surface area contributed by atoms with Crippen LogP contribution >= 0.6 is 23.1 Å². The van der Waals surface area contributed by atoms with Gasteiger partial charge in [0.1, 0.15) is 4.70 Å². The molecule has 1 N–H and O–H groups in total. The average molecular weight is 436 g/mol. The van der Waals surface area contributed by atoms with E-state index in [1.807, 2.05) is 74.7 Å². The van der Waals surface area contributed by atoms with Crippen LogP contribution in [0.5, 0.6) is 0 Å². The SMILES string of the molecule is Cc1cccc(-n2c(SCC(=O)Nc3cc(C)ccc3C)nc3ccsc3c2=O)c1. The van der Waals surface area contributed by atoms with E-state index in [0.29, 0.717) is 15.4 Å². The minimum Gasteiger partial charge on any atom is -0.325 e. The van der Waals surface area contributed by atoms with Gasteiger partial charge >= 0.3 is 0 Å². The van der Waals surface area contributed by atoms with Crippen LogP contribution in [0, 0.1) is 20.8 Å². The van der Waals surface area contributed by atoms with Crippen LogP contribution in [-0.4, -0.2) is 21.2 Å². The van der Waals surface area contributed by atoms with Gasteiger partial charge in [-0.3, -0.25) is 14.2 Å². The third kappa shape index (κ3) is 4.17. The second kappa shape index (κ2) is 8.45. The van der Waals surface area contributed by atoms with Gasteiger partial charge in [0.15, 0.2) is 5.16 Å². The van der Waals surface area contributed by atoms with Crippen LogP contribution in [0.3, 0.4) is 0 Å². The van der Waals surface area contributed by atoms with Gasteiger partial charge in [-0.2, -0.15) is 0 Å². The lowest BCUT2D eigenvalue weighted by atomic mass is 10.1. The highest BCUT2D eigenvalue weighted by molar-refractivity contribution is 7.99. The number of carbonyl (C=O) groups is 1. The van der Waals surface area contributed by atoms with E-state index in [1.165, 1.54) is 23.1 Å². The van der Waals surface area contributed by atoms with Crippen LogP contribution in [-0.2, 0) is 4.79 Å². The quantitative estimate of drug-likeness (QED) is 0.350. The van der Waals surface area contributed by atoms with E-state index in [0.717, 1.165) is 28.1 Å². The molecule has 1 amide bonds. The van der Waals surface area contributed by atoms with Gasteiger partial charge in [-0.25, -0.2) is 4.98 Å². The number of thioether (sulfide) groups is 1. The lowest BCUT2D eigenvalue weighted by molar-refractivity contribution is -0.113. The molecule has 2 aromatic carbocycles. The number of rotatable bonds is 5. The molecule has 7 heteroatoms. The number of thiophene rings is 1. The molecule has 0 aliphatic carbocycles. The molecule has 0 radical (unpaired) electrons. The van der Waals surface area contributed by atoms with Gasteiger partial charge in [-0.05, 0) is 67.1 Å². The van der Waals surface area contributed by atoms with Crippen molar-refractivity contribution < 1.29 is 4.79 Å². The maximum Gasteiger partial charge on any atom is 0.276 e. The Morgan fingerprint density at radius 3 is 2.70 bits per heavy atom. The second-order valence-electron chi connectivity index (χ2n) is 7.16. The summed E-state index contributed by atoms with van der Waals surface area (Å²) in [6.07, 6.45) is 0. The Hall–Kier alpha value is -2.90. The molecule has 0 unspecified atom stereocenters. The normalized spacial score (nSPS) is 11.0. The summed E-state index contributed by atoms with van der Waals surface area (Å²) in [5, 5.41) is 5.33. The summed E-state index contributed by atoms with van der Waals surface area (Å²) in [5.41, 5.74) is 5.24. The zero-order chi connectivity index (χ0) is 21.3. The van der Waals surface area contributed by atoms with E-state index in [9.17, 15) is 9.59 Å². The van der Waals surface area contributed by atoms with Crippen molar-refractivity contribution in [3.8, 4) is 5.69 Å². The van der Waals surface area contributed by atoms with Crippen molar-refractivity contribution in [2.45, 2.75) is 25.9 Å². The summed E-state index contributed by atoms with van der Waals surface area (Å²) in [6, 6.07) is 15.5. The summed E-state index contributed by atoms with van der Waals surface area (Å²) in [5.74, 6) is 0.0190. The predicted octanol–water partition coefficient (Wildman–Crippen LogP) is 5.10. The molecule has 5 nitrogen and oxygen atoms in total. The predicted molar refractivity (Wildman–Crippen MR) is 125 cm³/mol. The first-order chi connectivity index (χ1) is 14.4. The fourth-order valence-corrected chi connectivity index (χ4v) is 4.74. The Balaban J connectivity index is 1.65. The summed E-state index contributed by atoms with van der Waals surface area (Å²) in [6.45, 7) is 5.93. The third-order valence-corrected chi connectivity index (χ3v) is 6.54. The van der Waals surface area contributed by atoms with Crippen LogP contribution in [0.2, 0.25) is 0 Å².